The van der Waals surface area contributed by atoms with E-state index in [-0.39, 0.29) is 6.10 Å². The van der Waals surface area contributed by atoms with Gasteiger partial charge in [-0.2, -0.15) is 9.97 Å². The first-order chi connectivity index (χ1) is 12.7. The van der Waals surface area contributed by atoms with Crippen molar-refractivity contribution in [2.45, 2.75) is 32.8 Å². The lowest BCUT2D eigenvalue weighted by molar-refractivity contribution is 0.120. The molecule has 0 aliphatic carbocycles. The van der Waals surface area contributed by atoms with Gasteiger partial charge in [0, 0.05) is 31.2 Å². The van der Waals surface area contributed by atoms with Crippen molar-refractivity contribution in [2.24, 2.45) is 0 Å². The molecule has 0 spiro atoms. The van der Waals surface area contributed by atoms with E-state index >= 15 is 0 Å². The van der Waals surface area contributed by atoms with Crippen molar-refractivity contribution in [3.05, 3.63) is 41.7 Å². The molecule has 2 aromatic heterocycles. The smallest absolute Gasteiger partial charge is 0.226 e. The van der Waals surface area contributed by atoms with Gasteiger partial charge >= 0.3 is 0 Å². The number of aryl methyl sites for hydroxylation is 2. The molecule has 134 valence electrons. The summed E-state index contributed by atoms with van der Waals surface area (Å²) < 4.78 is 5.65. The van der Waals surface area contributed by atoms with E-state index in [0.717, 1.165) is 30.7 Å². The molecular weight excluding hydrogens is 328 g/mol. The van der Waals surface area contributed by atoms with Crippen molar-refractivity contribution >= 4 is 28.6 Å². The summed E-state index contributed by atoms with van der Waals surface area (Å²) in [5, 5.41) is 6.66. The van der Waals surface area contributed by atoms with Crippen LogP contribution in [0.3, 0.4) is 0 Å². The van der Waals surface area contributed by atoms with E-state index in [2.05, 4.69) is 62.6 Å². The number of benzene rings is 1. The molecule has 0 radical (unpaired) electrons. The van der Waals surface area contributed by atoms with Gasteiger partial charge < -0.3 is 15.4 Å². The van der Waals surface area contributed by atoms with Crippen LogP contribution in [0.25, 0.3) is 11.2 Å². The van der Waals surface area contributed by atoms with Crippen LogP contribution in [-0.2, 0) is 4.74 Å². The molecule has 7 heteroatoms. The zero-order valence-electron chi connectivity index (χ0n) is 15.0. The Labute approximate surface area is 152 Å². The lowest BCUT2D eigenvalue weighted by Crippen LogP contribution is -2.20. The average Bonchev–Trinajstić information content (AvgIpc) is 3.16. The molecule has 7 nitrogen and oxygen atoms in total. The number of ether oxygens (including phenoxy) is 1. The van der Waals surface area contributed by atoms with Crippen molar-refractivity contribution in [3.63, 3.8) is 0 Å². The van der Waals surface area contributed by atoms with Gasteiger partial charge in [0.1, 0.15) is 0 Å². The second-order valence-corrected chi connectivity index (χ2v) is 6.58. The first-order valence-electron chi connectivity index (χ1n) is 8.87. The Morgan fingerprint density at radius 1 is 1.15 bits per heavy atom. The van der Waals surface area contributed by atoms with E-state index in [1.165, 1.54) is 5.56 Å². The van der Waals surface area contributed by atoms with E-state index in [4.69, 9.17) is 4.74 Å². The Bertz CT molecular complexity index is 923. The zero-order chi connectivity index (χ0) is 17.9. The summed E-state index contributed by atoms with van der Waals surface area (Å²) in [6.07, 6.45) is 5.68. The number of hydrogen-bond acceptors (Lipinski definition) is 7. The summed E-state index contributed by atoms with van der Waals surface area (Å²) in [6.45, 7) is 5.67. The molecule has 1 aromatic carbocycles. The van der Waals surface area contributed by atoms with Crippen molar-refractivity contribution in [2.75, 3.05) is 23.8 Å². The van der Waals surface area contributed by atoms with Crippen molar-refractivity contribution in [1.29, 1.82) is 0 Å². The number of nitrogens with zero attached hydrogens (tertiary/aromatic N) is 4. The fourth-order valence-corrected chi connectivity index (χ4v) is 3.12. The quantitative estimate of drug-likeness (QED) is 0.729. The summed E-state index contributed by atoms with van der Waals surface area (Å²) in [4.78, 5) is 17.8. The second kappa shape index (κ2) is 7.21. The van der Waals surface area contributed by atoms with Crippen LogP contribution in [0, 0.1) is 13.8 Å². The molecule has 1 fully saturated rings. The number of nitrogens with one attached hydrogen (secondary N) is 2. The van der Waals surface area contributed by atoms with Gasteiger partial charge in [0.25, 0.3) is 0 Å². The fourth-order valence-electron chi connectivity index (χ4n) is 3.12. The second-order valence-electron chi connectivity index (χ2n) is 6.58. The van der Waals surface area contributed by atoms with Crippen molar-refractivity contribution in [3.8, 4) is 0 Å². The lowest BCUT2D eigenvalue weighted by atomic mass is 10.1. The third-order valence-corrected chi connectivity index (χ3v) is 4.48. The maximum absolute atomic E-state index is 5.65. The summed E-state index contributed by atoms with van der Waals surface area (Å²) >= 11 is 0. The van der Waals surface area contributed by atoms with Crippen LogP contribution >= 0.6 is 0 Å². The lowest BCUT2D eigenvalue weighted by Gasteiger charge is -2.14. The molecule has 2 N–H and O–H groups in total. The number of anilines is 3. The van der Waals surface area contributed by atoms with Crippen LogP contribution in [-0.4, -0.2) is 39.2 Å². The van der Waals surface area contributed by atoms with E-state index in [1.54, 1.807) is 12.4 Å². The highest BCUT2D eigenvalue weighted by atomic mass is 16.5. The highest BCUT2D eigenvalue weighted by Gasteiger charge is 2.17. The first-order valence-corrected chi connectivity index (χ1v) is 8.87. The minimum Gasteiger partial charge on any atom is -0.376 e. The van der Waals surface area contributed by atoms with E-state index in [0.29, 0.717) is 29.5 Å². The molecule has 1 aliphatic heterocycles. The standard InChI is InChI=1S/C19H22N6O/c1-12-5-6-15(13(2)10-12)23-18-16-17(21-8-7-20-16)24-19(25-18)22-11-14-4-3-9-26-14/h5-8,10,14H,3-4,9,11H2,1-2H3,(H2,21,22,23,24,25)/t14-/m0/s1. The molecule has 1 saturated heterocycles. The van der Waals surface area contributed by atoms with Gasteiger partial charge in [0.05, 0.1) is 6.10 Å². The number of rotatable bonds is 5. The highest BCUT2D eigenvalue weighted by molar-refractivity contribution is 5.86. The normalized spacial score (nSPS) is 16.8. The average molecular weight is 350 g/mol. The van der Waals surface area contributed by atoms with Crippen molar-refractivity contribution in [1.82, 2.24) is 19.9 Å². The molecule has 3 aromatic rings. The van der Waals surface area contributed by atoms with Crippen LogP contribution < -0.4 is 10.6 Å². The molecule has 0 bridgehead atoms. The topological polar surface area (TPSA) is 84.9 Å². The van der Waals surface area contributed by atoms with Gasteiger partial charge in [-0.1, -0.05) is 17.7 Å². The van der Waals surface area contributed by atoms with Gasteiger partial charge in [-0.05, 0) is 38.3 Å². The maximum atomic E-state index is 5.65. The Hall–Kier alpha value is -2.80. The van der Waals surface area contributed by atoms with E-state index in [9.17, 15) is 0 Å². The molecular formula is C19H22N6O. The molecule has 4 rings (SSSR count). The molecule has 3 heterocycles. The molecule has 0 amide bonds. The first kappa shape index (κ1) is 16.7. The van der Waals surface area contributed by atoms with Gasteiger partial charge in [0.15, 0.2) is 17.0 Å². The zero-order valence-corrected chi connectivity index (χ0v) is 15.0. The third-order valence-electron chi connectivity index (χ3n) is 4.48. The summed E-state index contributed by atoms with van der Waals surface area (Å²) in [5.41, 5.74) is 4.57. The Morgan fingerprint density at radius 2 is 2.04 bits per heavy atom. The molecule has 0 saturated carbocycles. The summed E-state index contributed by atoms with van der Waals surface area (Å²) in [5.74, 6) is 1.17. The van der Waals surface area contributed by atoms with Gasteiger partial charge in [-0.15, -0.1) is 0 Å². The molecule has 1 aliphatic rings. The van der Waals surface area contributed by atoms with Crippen LogP contribution in [0.15, 0.2) is 30.6 Å². The Balaban J connectivity index is 1.65. The number of fused-ring (bicyclic) bond motifs is 1. The highest BCUT2D eigenvalue weighted by Crippen LogP contribution is 2.25. The van der Waals surface area contributed by atoms with Crippen LogP contribution in [0.5, 0.6) is 0 Å². The van der Waals surface area contributed by atoms with Crippen LogP contribution in [0.1, 0.15) is 24.0 Å². The third kappa shape index (κ3) is 3.57. The fraction of sp³-hybridized carbons (Fsp3) is 0.368. The molecule has 1 atom stereocenters. The minimum absolute atomic E-state index is 0.215. The minimum atomic E-state index is 0.215. The maximum Gasteiger partial charge on any atom is 0.226 e. The monoisotopic (exact) mass is 350 g/mol. The van der Waals surface area contributed by atoms with Crippen LogP contribution in [0.2, 0.25) is 0 Å². The van der Waals surface area contributed by atoms with Crippen LogP contribution in [0.4, 0.5) is 17.5 Å². The number of hydrogen-bond donors (Lipinski definition) is 2. The predicted octanol–water partition coefficient (Wildman–Crippen LogP) is 3.37. The van der Waals surface area contributed by atoms with Gasteiger partial charge in [0.2, 0.25) is 5.95 Å². The summed E-state index contributed by atoms with van der Waals surface area (Å²) in [7, 11) is 0. The summed E-state index contributed by atoms with van der Waals surface area (Å²) in [6, 6.07) is 6.25. The SMILES string of the molecule is Cc1ccc(Nc2nc(NC[C@@H]3CCCO3)nc3nccnc23)c(C)c1. The van der Waals surface area contributed by atoms with Gasteiger partial charge in [-0.3, -0.25) is 0 Å². The van der Waals surface area contributed by atoms with Crippen molar-refractivity contribution < 1.29 is 4.74 Å². The molecule has 26 heavy (non-hydrogen) atoms. The van der Waals surface area contributed by atoms with E-state index < -0.39 is 0 Å². The number of aromatic nitrogens is 4. The van der Waals surface area contributed by atoms with Gasteiger partial charge in [-0.25, -0.2) is 9.97 Å². The predicted molar refractivity (Wildman–Crippen MR) is 102 cm³/mol. The molecule has 0 unspecified atom stereocenters. The Morgan fingerprint density at radius 3 is 2.85 bits per heavy atom. The largest absolute Gasteiger partial charge is 0.376 e. The van der Waals surface area contributed by atoms with E-state index in [1.807, 2.05) is 0 Å². The Kier molecular flexibility index (Phi) is 4.62.